The molecule has 6 rings (SSSR count). The highest BCUT2D eigenvalue weighted by Crippen LogP contribution is 2.33. The van der Waals surface area contributed by atoms with E-state index < -0.39 is 226 Å². The maximum Gasteiger partial charge on any atom is 0.416 e. The second-order valence-corrected chi connectivity index (χ2v) is 34.2. The van der Waals surface area contributed by atoms with E-state index in [1.54, 1.807) is 39.0 Å². The van der Waals surface area contributed by atoms with Crippen molar-refractivity contribution in [3.05, 3.63) is 179 Å². The molecular formula is C59H64F9N13O22S8. The molecule has 35 nitrogen and oxygen atoms in total. The van der Waals surface area contributed by atoms with E-state index in [0.29, 0.717) is 65.2 Å². The molecule has 6 atom stereocenters. The summed E-state index contributed by atoms with van der Waals surface area (Å²) in [5.74, 6) is -11.5. The number of carbonyl (C=O) groups excluding carboxylic acids is 6. The minimum atomic E-state index is -5.49. The number of halogens is 9. The number of nitrogens with zero attached hydrogens (tertiary/aromatic N) is 2. The van der Waals surface area contributed by atoms with Gasteiger partial charge in [0.05, 0.1) is 52.6 Å². The van der Waals surface area contributed by atoms with Crippen LogP contribution >= 0.6 is 25.3 Å². The molecular weight excluding hydrogens is 1670 g/mol. The number of nitrogens with one attached hydrogen (secondary N) is 10. The molecule has 0 radical (unpaired) electrons. The summed E-state index contributed by atoms with van der Waals surface area (Å²) in [5, 5.41) is -3.46. The molecule has 0 fully saturated rings. The molecule has 0 saturated heterocycles. The number of carbonyl (C=O) groups is 6. The fourth-order valence-electron chi connectivity index (χ4n) is 8.49. The van der Waals surface area contributed by atoms with Crippen molar-refractivity contribution in [2.45, 2.75) is 111 Å². The van der Waals surface area contributed by atoms with Crippen molar-refractivity contribution < 1.29 is 138 Å². The molecule has 111 heavy (non-hydrogen) atoms. The Labute approximate surface area is 637 Å². The molecule has 0 aromatic heterocycles. The minimum absolute atomic E-state index is 0.235. The van der Waals surface area contributed by atoms with Gasteiger partial charge in [0.25, 0.3) is 29.5 Å². The van der Waals surface area contributed by atoms with Crippen molar-refractivity contribution in [2.75, 3.05) is 25.5 Å². The molecule has 1 unspecified atom stereocenters. The molecule has 6 amide bonds. The van der Waals surface area contributed by atoms with Gasteiger partial charge in [-0.15, -0.1) is 4.94 Å². The molecule has 608 valence electrons. The van der Waals surface area contributed by atoms with Crippen LogP contribution in [0.4, 0.5) is 39.5 Å². The number of primary amides is 1. The van der Waals surface area contributed by atoms with Crippen LogP contribution in [0.1, 0.15) is 40.3 Å². The van der Waals surface area contributed by atoms with Crippen molar-refractivity contribution in [1.82, 2.24) is 60.6 Å². The largest absolute Gasteiger partial charge is 0.416 e. The molecule has 0 aliphatic carbocycles. The number of alkyl halides is 9. The lowest BCUT2D eigenvalue weighted by Crippen LogP contribution is -2.65. The predicted molar refractivity (Wildman–Crippen MR) is 370 cm³/mol. The van der Waals surface area contributed by atoms with E-state index in [1.807, 2.05) is 14.2 Å². The van der Waals surface area contributed by atoms with Crippen molar-refractivity contribution in [1.29, 1.82) is 0 Å². The van der Waals surface area contributed by atoms with Crippen LogP contribution in [0.5, 0.6) is 0 Å². The number of sulfonamides is 6. The van der Waals surface area contributed by atoms with Crippen LogP contribution in [0.3, 0.4) is 0 Å². The van der Waals surface area contributed by atoms with E-state index in [2.05, 4.69) is 25.3 Å². The summed E-state index contributed by atoms with van der Waals surface area (Å²) < 4.78 is 296. The highest BCUT2D eigenvalue weighted by Gasteiger charge is 2.44. The van der Waals surface area contributed by atoms with E-state index in [0.717, 1.165) is 43.3 Å². The first kappa shape index (κ1) is 91.3. The second kappa shape index (κ2) is 37.4. The van der Waals surface area contributed by atoms with Gasteiger partial charge in [-0.25, -0.2) is 77.1 Å². The lowest BCUT2D eigenvalue weighted by atomic mass is 10.2. The zero-order valence-corrected chi connectivity index (χ0v) is 63.5. The van der Waals surface area contributed by atoms with Crippen LogP contribution in [0.15, 0.2) is 175 Å². The number of hydrogen-bond donors (Lipinski definition) is 13. The fourth-order valence-corrected chi connectivity index (χ4v) is 16.3. The van der Waals surface area contributed by atoms with Crippen LogP contribution in [-0.2, 0) is 127 Å². The first-order valence-electron chi connectivity index (χ1n) is 30.6. The van der Waals surface area contributed by atoms with Gasteiger partial charge in [-0.1, -0.05) is 58.3 Å². The maximum absolute atomic E-state index is 14.9. The van der Waals surface area contributed by atoms with Gasteiger partial charge >= 0.3 is 18.5 Å². The number of hydrazine groups is 1. The molecule has 0 heterocycles. The van der Waals surface area contributed by atoms with E-state index in [-0.39, 0.29) is 29.4 Å². The topological polar surface area (TPSA) is 497 Å². The van der Waals surface area contributed by atoms with Crippen LogP contribution in [-0.4, -0.2) is 157 Å². The first-order chi connectivity index (χ1) is 51.3. The summed E-state index contributed by atoms with van der Waals surface area (Å²) in [7, 11) is -30.2. The molecule has 0 bridgehead atoms. The molecule has 6 aromatic carbocycles. The molecule has 12 N–H and O–H groups in total. The van der Waals surface area contributed by atoms with E-state index in [1.165, 1.54) is 54.3 Å². The van der Waals surface area contributed by atoms with E-state index in [4.69, 9.17) is 25.3 Å². The molecule has 0 aliphatic rings. The molecule has 0 aliphatic heterocycles. The molecule has 52 heteroatoms. The Hall–Kier alpha value is -8.53. The predicted octanol–water partition coefficient (Wildman–Crippen LogP) is 1.44. The van der Waals surface area contributed by atoms with Crippen molar-refractivity contribution in [2.24, 2.45) is 5.73 Å². The zero-order chi connectivity index (χ0) is 83.2. The van der Waals surface area contributed by atoms with Gasteiger partial charge in [-0.05, 0) is 142 Å². The number of aryl methyl sites for hydroxylation is 3. The third-order valence-corrected chi connectivity index (χ3v) is 24.2. The Balaban J connectivity index is 1.40. The number of hydroxylamine groups is 6. The standard InChI is InChI=1S/C59H64F9N13O22S8/c1-33-5-17-40(18-6-33)106(88,89)70-29-49(82)71-102-80(55(87)36(4)75-107(90,91)41-19-7-34(2)8-20-41)81(56(105)50(51(69)83)79-111(98,99)42-21-9-35(3)10-22-42)103-74-53(85)47(77-109(94,95)44-25-13-38(14-26-44)58(63,64)65)31-100-72-52(84)46(76-108(92,93)43-23-11-37(12-24-43)57(60,61)62)30-101-73-54(86)48(32-104)78-110(96,97)45-27-15-39(16-28-45)59(66,67)68/h5-28,36,46-48,50,56,70,75-79,104-105H,29-32H2,1-4H3,(H2,69,83)(H,71,82)(H,72,84)(H,73,86)(H,74,85)/t36-,46-,47-,48-,50+,56?/m0/s1. The summed E-state index contributed by atoms with van der Waals surface area (Å²) in [6.07, 6.45) is -15.1. The van der Waals surface area contributed by atoms with Crippen LogP contribution in [0, 0.1) is 20.8 Å². The third kappa shape index (κ3) is 26.0. The SMILES string of the molecule is Cc1ccc(S(=O)(=O)NCC(=O)NON(C(=O)[C@H](C)NS(=O)(=O)c2ccc(C)cc2)N(ONC(=O)[C@H](CONC(=O)[C@H](CONC(=O)[C@H](CS)NS(=O)(=O)c2ccc(C(F)(F)F)cc2)NS(=O)(=O)c2ccc(C(F)(F)F)cc2)NS(=O)(=O)c2ccc(C(F)(F)F)cc2)C(S)[C@H](NS(=O)(=O)c2ccc(C)cc2)C(N)=O)cc1. The normalized spacial score (nSPS) is 14.4. The Morgan fingerprint density at radius 3 is 1.05 bits per heavy atom. The smallest absolute Gasteiger partial charge is 0.368 e. The Bertz CT molecular complexity index is 5060. The number of thiol groups is 2. The van der Waals surface area contributed by atoms with Gasteiger partial charge in [-0.2, -0.15) is 93.3 Å². The van der Waals surface area contributed by atoms with E-state index >= 15 is 0 Å². The van der Waals surface area contributed by atoms with Gasteiger partial charge in [0, 0.05) is 5.75 Å². The Morgan fingerprint density at radius 2 is 0.721 bits per heavy atom. The number of benzene rings is 6. The van der Waals surface area contributed by atoms with Gasteiger partial charge in [0.1, 0.15) is 48.8 Å². The number of rotatable bonds is 38. The fraction of sp³-hybridized carbons (Fsp3) is 0.288. The average Bonchev–Trinajstić information content (AvgIpc) is 0.807. The third-order valence-electron chi connectivity index (χ3n) is 14.4. The Kier molecular flexibility index (Phi) is 30.8. The number of hydrogen-bond acceptors (Lipinski definition) is 25. The van der Waals surface area contributed by atoms with Crippen molar-refractivity contribution >= 4 is 121 Å². The maximum atomic E-state index is 14.9. The minimum Gasteiger partial charge on any atom is -0.368 e. The number of nitrogens with two attached hydrogens (primary N) is 1. The van der Waals surface area contributed by atoms with Crippen LogP contribution in [0.2, 0.25) is 0 Å². The highest BCUT2D eigenvalue weighted by molar-refractivity contribution is 7.91. The second-order valence-electron chi connectivity index (χ2n) is 22.9. The Morgan fingerprint density at radius 1 is 0.423 bits per heavy atom. The molecule has 0 saturated carbocycles. The van der Waals surface area contributed by atoms with Gasteiger partial charge < -0.3 is 5.73 Å². The van der Waals surface area contributed by atoms with Gasteiger partial charge in [0.2, 0.25) is 66.0 Å². The quantitative estimate of drug-likeness (QED) is 0.0113. The summed E-state index contributed by atoms with van der Waals surface area (Å²) in [6, 6.07) is 6.19. The summed E-state index contributed by atoms with van der Waals surface area (Å²) in [6.45, 7) is 0.927. The summed E-state index contributed by atoms with van der Waals surface area (Å²) >= 11 is 8.11. The van der Waals surface area contributed by atoms with Gasteiger partial charge in [-0.3, -0.25) is 38.4 Å². The first-order valence-corrected chi connectivity index (χ1v) is 40.6. The summed E-state index contributed by atoms with van der Waals surface area (Å²) in [5.41, 5.74) is 9.40. The zero-order valence-electron chi connectivity index (χ0n) is 56.8. The number of amides is 6. The average molecular weight is 1730 g/mol. The highest BCUT2D eigenvalue weighted by atomic mass is 32.2. The molecule has 6 aromatic rings. The lowest BCUT2D eigenvalue weighted by molar-refractivity contribution is -0.416. The van der Waals surface area contributed by atoms with Crippen LogP contribution in [0.25, 0.3) is 0 Å². The van der Waals surface area contributed by atoms with Gasteiger partial charge in [0.15, 0.2) is 0 Å². The summed E-state index contributed by atoms with van der Waals surface area (Å²) in [4.78, 5) is 100. The van der Waals surface area contributed by atoms with Crippen molar-refractivity contribution in [3.8, 4) is 0 Å². The van der Waals surface area contributed by atoms with Crippen LogP contribution < -0.4 is 56.0 Å². The molecule has 0 spiro atoms. The van der Waals surface area contributed by atoms with E-state index in [9.17, 15) is 119 Å². The monoisotopic (exact) mass is 1730 g/mol. The van der Waals surface area contributed by atoms with Crippen molar-refractivity contribution in [3.63, 3.8) is 0 Å². The lowest BCUT2D eigenvalue weighted by Gasteiger charge is -2.37.